The summed E-state index contributed by atoms with van der Waals surface area (Å²) in [6, 6.07) is 26.2. The number of anilines is 3. The first kappa shape index (κ1) is 21.1. The lowest BCUT2D eigenvalue weighted by atomic mass is 10.0. The third kappa shape index (κ3) is 5.69. The van der Waals surface area contributed by atoms with Crippen molar-refractivity contribution < 1.29 is 9.47 Å². The van der Waals surface area contributed by atoms with Gasteiger partial charge in [0, 0.05) is 37.2 Å². The topological polar surface area (TPSA) is 21.7 Å². The van der Waals surface area contributed by atoms with E-state index in [4.69, 9.17) is 9.47 Å². The van der Waals surface area contributed by atoms with Crippen molar-refractivity contribution in [3.63, 3.8) is 0 Å². The maximum Gasteiger partial charge on any atom is 0.0515 e. The van der Waals surface area contributed by atoms with Gasteiger partial charge >= 0.3 is 0 Å². The summed E-state index contributed by atoms with van der Waals surface area (Å²) in [6.45, 7) is 5.64. The molecule has 0 amide bonds. The van der Waals surface area contributed by atoms with Gasteiger partial charge in [0.25, 0.3) is 0 Å². The first-order valence-electron chi connectivity index (χ1n) is 10.1. The molecule has 3 nitrogen and oxygen atoms in total. The summed E-state index contributed by atoms with van der Waals surface area (Å²) in [5.74, 6) is 0.362. The fraction of sp³-hybridized carbons (Fsp3) is 0.308. The third-order valence-electron chi connectivity index (χ3n) is 5.11. The summed E-state index contributed by atoms with van der Waals surface area (Å²) in [5.41, 5.74) is 7.27. The van der Waals surface area contributed by atoms with Crippen molar-refractivity contribution in [1.29, 1.82) is 0 Å². The second kappa shape index (κ2) is 10.2. The Kier molecular flexibility index (Phi) is 7.45. The van der Waals surface area contributed by atoms with E-state index >= 15 is 0 Å². The Balaban J connectivity index is 1.89. The summed E-state index contributed by atoms with van der Waals surface area (Å²) in [4.78, 5) is 2.30. The van der Waals surface area contributed by atoms with E-state index in [-0.39, 0.29) is 0 Å². The zero-order valence-corrected chi connectivity index (χ0v) is 17.9. The van der Waals surface area contributed by atoms with Crippen molar-refractivity contribution in [3.8, 4) is 0 Å². The van der Waals surface area contributed by atoms with Crippen molar-refractivity contribution >= 4 is 17.1 Å². The number of methoxy groups -OCH3 is 2. The second-order valence-corrected chi connectivity index (χ2v) is 7.65. The van der Waals surface area contributed by atoms with E-state index in [0.29, 0.717) is 19.1 Å². The van der Waals surface area contributed by atoms with Crippen molar-refractivity contribution in [2.75, 3.05) is 32.3 Å². The van der Waals surface area contributed by atoms with Gasteiger partial charge in [-0.15, -0.1) is 0 Å². The molecule has 0 fully saturated rings. The lowest BCUT2D eigenvalue weighted by molar-refractivity contribution is 0.0848. The third-order valence-corrected chi connectivity index (χ3v) is 5.11. The fourth-order valence-corrected chi connectivity index (χ4v) is 3.59. The molecule has 0 aromatic heterocycles. The van der Waals surface area contributed by atoms with Crippen molar-refractivity contribution in [1.82, 2.24) is 0 Å². The highest BCUT2D eigenvalue weighted by Crippen LogP contribution is 2.34. The largest absolute Gasteiger partial charge is 0.384 e. The number of nitrogens with zero attached hydrogens (tertiary/aromatic N) is 1. The van der Waals surface area contributed by atoms with E-state index in [2.05, 4.69) is 91.5 Å². The lowest BCUT2D eigenvalue weighted by Gasteiger charge is -2.26. The first-order valence-corrected chi connectivity index (χ1v) is 10.1. The summed E-state index contributed by atoms with van der Waals surface area (Å²) >= 11 is 0. The molecule has 3 rings (SSSR count). The molecule has 3 aromatic carbocycles. The molecule has 0 spiro atoms. The Morgan fingerprint density at radius 2 is 1.00 bits per heavy atom. The smallest absolute Gasteiger partial charge is 0.0515 e. The van der Waals surface area contributed by atoms with Crippen LogP contribution >= 0.6 is 0 Å². The molecule has 3 heteroatoms. The quantitative estimate of drug-likeness (QED) is 0.433. The summed E-state index contributed by atoms with van der Waals surface area (Å²) < 4.78 is 10.7. The molecule has 3 aromatic rings. The molecule has 0 saturated carbocycles. The standard InChI is InChI=1S/C26H31NO2/c1-20-5-11-24(12-6-20)27(25-13-7-21(2)8-14-25)26-15-9-22(10-16-26)17-23(18-28-3)19-29-4/h5-16,23H,17-19H2,1-4H3. The lowest BCUT2D eigenvalue weighted by Crippen LogP contribution is -2.17. The minimum atomic E-state index is 0.362. The SMILES string of the molecule is COCC(COC)Cc1ccc(N(c2ccc(C)cc2)c2ccc(C)cc2)cc1. The van der Waals surface area contributed by atoms with Gasteiger partial charge in [-0.1, -0.05) is 47.5 Å². The number of hydrogen-bond acceptors (Lipinski definition) is 3. The maximum absolute atomic E-state index is 5.34. The van der Waals surface area contributed by atoms with Gasteiger partial charge in [-0.3, -0.25) is 0 Å². The average molecular weight is 390 g/mol. The highest BCUT2D eigenvalue weighted by molar-refractivity contribution is 5.76. The van der Waals surface area contributed by atoms with E-state index in [1.807, 2.05) is 0 Å². The van der Waals surface area contributed by atoms with Crippen molar-refractivity contribution in [2.45, 2.75) is 20.3 Å². The normalized spacial score (nSPS) is 11.1. The van der Waals surface area contributed by atoms with Crippen LogP contribution in [0, 0.1) is 19.8 Å². The van der Waals surface area contributed by atoms with E-state index < -0.39 is 0 Å². The van der Waals surface area contributed by atoms with Gasteiger partial charge in [-0.25, -0.2) is 0 Å². The van der Waals surface area contributed by atoms with Gasteiger partial charge in [0.2, 0.25) is 0 Å². The number of hydrogen-bond donors (Lipinski definition) is 0. The molecular formula is C26H31NO2. The van der Waals surface area contributed by atoms with Crippen LogP contribution in [0.3, 0.4) is 0 Å². The Bertz CT molecular complexity index is 819. The van der Waals surface area contributed by atoms with E-state index in [0.717, 1.165) is 23.5 Å². The van der Waals surface area contributed by atoms with E-state index in [9.17, 15) is 0 Å². The fourth-order valence-electron chi connectivity index (χ4n) is 3.59. The summed E-state index contributed by atoms with van der Waals surface area (Å²) in [7, 11) is 3.49. The first-order chi connectivity index (χ1) is 14.1. The van der Waals surface area contributed by atoms with Crippen LogP contribution < -0.4 is 4.90 Å². The number of aryl methyl sites for hydroxylation is 2. The average Bonchev–Trinajstić information content (AvgIpc) is 2.73. The second-order valence-electron chi connectivity index (χ2n) is 7.65. The molecule has 152 valence electrons. The maximum atomic E-state index is 5.34. The van der Waals surface area contributed by atoms with E-state index in [1.54, 1.807) is 14.2 Å². The molecule has 0 unspecified atom stereocenters. The van der Waals surface area contributed by atoms with Gasteiger partial charge in [-0.05, 0) is 62.2 Å². The van der Waals surface area contributed by atoms with Crippen LogP contribution in [0.2, 0.25) is 0 Å². The van der Waals surface area contributed by atoms with Gasteiger partial charge in [0.1, 0.15) is 0 Å². The Morgan fingerprint density at radius 1 is 0.621 bits per heavy atom. The number of benzene rings is 3. The minimum absolute atomic E-state index is 0.362. The molecular weight excluding hydrogens is 358 g/mol. The van der Waals surface area contributed by atoms with Crippen LogP contribution in [-0.2, 0) is 15.9 Å². The zero-order chi connectivity index (χ0) is 20.6. The highest BCUT2D eigenvalue weighted by Gasteiger charge is 2.14. The summed E-state index contributed by atoms with van der Waals surface area (Å²) in [6.07, 6.45) is 0.941. The van der Waals surface area contributed by atoms with Crippen LogP contribution in [0.1, 0.15) is 16.7 Å². The van der Waals surface area contributed by atoms with Crippen LogP contribution in [0.25, 0.3) is 0 Å². The predicted molar refractivity (Wildman–Crippen MR) is 122 cm³/mol. The van der Waals surface area contributed by atoms with Crippen LogP contribution in [0.15, 0.2) is 72.8 Å². The minimum Gasteiger partial charge on any atom is -0.384 e. The van der Waals surface area contributed by atoms with Crippen LogP contribution in [-0.4, -0.2) is 27.4 Å². The Labute approximate surface area is 174 Å². The van der Waals surface area contributed by atoms with Gasteiger partial charge in [-0.2, -0.15) is 0 Å². The molecule has 0 aliphatic carbocycles. The van der Waals surface area contributed by atoms with Gasteiger partial charge in [0.05, 0.1) is 13.2 Å². The molecule has 0 saturated heterocycles. The molecule has 0 atom stereocenters. The van der Waals surface area contributed by atoms with Crippen LogP contribution in [0.4, 0.5) is 17.1 Å². The Hall–Kier alpha value is -2.62. The van der Waals surface area contributed by atoms with E-state index in [1.165, 1.54) is 16.7 Å². The molecule has 29 heavy (non-hydrogen) atoms. The van der Waals surface area contributed by atoms with Gasteiger partial charge < -0.3 is 14.4 Å². The summed E-state index contributed by atoms with van der Waals surface area (Å²) in [5, 5.41) is 0. The Morgan fingerprint density at radius 3 is 1.38 bits per heavy atom. The molecule has 0 aliphatic heterocycles. The molecule has 0 radical (unpaired) electrons. The molecule has 0 aliphatic rings. The number of ether oxygens (including phenoxy) is 2. The number of rotatable bonds is 9. The van der Waals surface area contributed by atoms with Gasteiger partial charge in [0.15, 0.2) is 0 Å². The zero-order valence-electron chi connectivity index (χ0n) is 17.9. The molecule has 0 bridgehead atoms. The van der Waals surface area contributed by atoms with Crippen LogP contribution in [0.5, 0.6) is 0 Å². The van der Waals surface area contributed by atoms with Crippen molar-refractivity contribution in [3.05, 3.63) is 89.5 Å². The monoisotopic (exact) mass is 389 g/mol. The molecule has 0 N–H and O–H groups in total. The highest BCUT2D eigenvalue weighted by atomic mass is 16.5. The molecule has 0 heterocycles. The van der Waals surface area contributed by atoms with Crippen molar-refractivity contribution in [2.24, 2.45) is 5.92 Å². The predicted octanol–water partition coefficient (Wildman–Crippen LogP) is 6.22.